The average Bonchev–Trinajstić information content (AvgIpc) is 2.19. The van der Waals surface area contributed by atoms with E-state index in [9.17, 15) is 8.42 Å². The van der Waals surface area contributed by atoms with Gasteiger partial charge in [0.05, 0.1) is 7.11 Å². The van der Waals surface area contributed by atoms with Crippen molar-refractivity contribution in [2.45, 2.75) is 0 Å². The van der Waals surface area contributed by atoms with E-state index in [-0.39, 0.29) is 5.75 Å². The van der Waals surface area contributed by atoms with Crippen LogP contribution in [0.4, 0.5) is 0 Å². The molecule has 0 aliphatic heterocycles. The molecular weight excluding hydrogens is 208 g/mol. The molecule has 0 spiro atoms. The zero-order chi connectivity index (χ0) is 10.6. The second kappa shape index (κ2) is 4.27. The van der Waals surface area contributed by atoms with Crippen molar-refractivity contribution in [2.75, 3.05) is 7.11 Å². The van der Waals surface area contributed by atoms with Crippen LogP contribution >= 0.6 is 0 Å². The van der Waals surface area contributed by atoms with E-state index in [1.165, 1.54) is 24.1 Å². The molecule has 3 N–H and O–H groups in total. The Bertz CT molecular complexity index is 387. The van der Waals surface area contributed by atoms with Crippen molar-refractivity contribution in [1.29, 1.82) is 0 Å². The fourth-order valence-corrected chi connectivity index (χ4v) is 1.19. The predicted octanol–water partition coefficient (Wildman–Crippen LogP) is -0.218. The van der Waals surface area contributed by atoms with E-state index in [4.69, 9.17) is 10.6 Å². The molecule has 1 aromatic carbocycles. The first-order valence-electron chi connectivity index (χ1n) is 3.63. The molecule has 0 saturated heterocycles. The smallest absolute Gasteiger partial charge is 0.395 e. The van der Waals surface area contributed by atoms with E-state index in [0.717, 1.165) is 0 Å². The van der Waals surface area contributed by atoms with E-state index in [1.807, 2.05) is 0 Å². The molecule has 0 aliphatic rings. The van der Waals surface area contributed by atoms with Gasteiger partial charge in [-0.15, -0.1) is 4.83 Å². The van der Waals surface area contributed by atoms with Crippen molar-refractivity contribution in [3.63, 3.8) is 0 Å². The Balaban J connectivity index is 2.79. The Kier molecular flexibility index (Phi) is 3.28. The highest BCUT2D eigenvalue weighted by Gasteiger charge is 2.08. The highest BCUT2D eigenvalue weighted by Crippen LogP contribution is 2.17. The van der Waals surface area contributed by atoms with Crippen molar-refractivity contribution >= 4 is 10.3 Å². The largest absolute Gasteiger partial charge is 0.497 e. The van der Waals surface area contributed by atoms with Crippen LogP contribution in [0.2, 0.25) is 0 Å². The van der Waals surface area contributed by atoms with Gasteiger partial charge in [0.1, 0.15) is 11.5 Å². The second-order valence-electron chi connectivity index (χ2n) is 2.33. The number of benzene rings is 1. The van der Waals surface area contributed by atoms with Gasteiger partial charge in [0.25, 0.3) is 0 Å². The summed E-state index contributed by atoms with van der Waals surface area (Å²) >= 11 is 0. The van der Waals surface area contributed by atoms with Gasteiger partial charge in [0, 0.05) is 0 Å². The third-order valence-corrected chi connectivity index (χ3v) is 2.11. The number of nitrogens with two attached hydrogens (primary N) is 1. The maximum atomic E-state index is 10.8. The van der Waals surface area contributed by atoms with Crippen molar-refractivity contribution in [2.24, 2.45) is 5.84 Å². The van der Waals surface area contributed by atoms with Crippen LogP contribution in [0.3, 0.4) is 0 Å². The summed E-state index contributed by atoms with van der Waals surface area (Å²) in [6.07, 6.45) is 0. The molecule has 6 nitrogen and oxygen atoms in total. The van der Waals surface area contributed by atoms with Gasteiger partial charge >= 0.3 is 10.3 Å². The Morgan fingerprint density at radius 2 is 1.71 bits per heavy atom. The van der Waals surface area contributed by atoms with E-state index >= 15 is 0 Å². The summed E-state index contributed by atoms with van der Waals surface area (Å²) in [5, 5.41) is 0. The molecule has 7 heteroatoms. The molecule has 0 aliphatic carbocycles. The fraction of sp³-hybridized carbons (Fsp3) is 0.143. The average molecular weight is 218 g/mol. The third-order valence-electron chi connectivity index (χ3n) is 1.41. The van der Waals surface area contributed by atoms with Crippen LogP contribution in [0.1, 0.15) is 0 Å². The van der Waals surface area contributed by atoms with Gasteiger partial charge in [-0.25, -0.2) is 0 Å². The summed E-state index contributed by atoms with van der Waals surface area (Å²) in [5.74, 6) is 5.49. The Morgan fingerprint density at radius 1 is 1.21 bits per heavy atom. The van der Waals surface area contributed by atoms with Gasteiger partial charge in [-0.3, -0.25) is 5.84 Å². The minimum atomic E-state index is -3.91. The monoisotopic (exact) mass is 218 g/mol. The van der Waals surface area contributed by atoms with Crippen molar-refractivity contribution in [3.05, 3.63) is 24.3 Å². The molecule has 0 heterocycles. The van der Waals surface area contributed by atoms with E-state index < -0.39 is 10.3 Å². The predicted molar refractivity (Wildman–Crippen MR) is 49.9 cm³/mol. The van der Waals surface area contributed by atoms with Crippen LogP contribution in [0.5, 0.6) is 11.5 Å². The van der Waals surface area contributed by atoms with Gasteiger partial charge in [-0.05, 0) is 24.3 Å². The molecule has 78 valence electrons. The minimum absolute atomic E-state index is 0.156. The first-order valence-corrected chi connectivity index (χ1v) is 5.04. The Morgan fingerprint density at radius 3 is 2.14 bits per heavy atom. The Hall–Kier alpha value is -1.31. The number of rotatable bonds is 4. The van der Waals surface area contributed by atoms with Gasteiger partial charge < -0.3 is 8.92 Å². The molecule has 1 rings (SSSR count). The van der Waals surface area contributed by atoms with Crippen molar-refractivity contribution < 1.29 is 17.3 Å². The summed E-state index contributed by atoms with van der Waals surface area (Å²) in [4.78, 5) is 1.54. The normalized spacial score (nSPS) is 11.0. The lowest BCUT2D eigenvalue weighted by atomic mass is 10.3. The van der Waals surface area contributed by atoms with E-state index in [0.29, 0.717) is 5.75 Å². The lowest BCUT2D eigenvalue weighted by molar-refractivity contribution is 0.413. The van der Waals surface area contributed by atoms with Gasteiger partial charge in [-0.1, -0.05) is 0 Å². The van der Waals surface area contributed by atoms with Crippen LogP contribution in [0.15, 0.2) is 24.3 Å². The number of methoxy groups -OCH3 is 1. The quantitative estimate of drug-likeness (QED) is 0.538. The topological polar surface area (TPSA) is 90.6 Å². The highest BCUT2D eigenvalue weighted by atomic mass is 32.2. The molecule has 0 aromatic heterocycles. The van der Waals surface area contributed by atoms with Crippen LogP contribution in [-0.4, -0.2) is 15.5 Å². The SMILES string of the molecule is COc1ccc(OS(=O)(=O)NN)cc1. The van der Waals surface area contributed by atoms with Crippen molar-refractivity contribution in [3.8, 4) is 11.5 Å². The third kappa shape index (κ3) is 2.87. The molecule has 0 amide bonds. The first-order chi connectivity index (χ1) is 6.57. The van der Waals surface area contributed by atoms with Gasteiger partial charge in [-0.2, -0.15) is 8.42 Å². The summed E-state index contributed by atoms with van der Waals surface area (Å²) in [5.41, 5.74) is 0. The van der Waals surface area contributed by atoms with E-state index in [1.54, 1.807) is 12.1 Å². The molecule has 0 bridgehead atoms. The summed E-state index contributed by atoms with van der Waals surface area (Å²) in [7, 11) is -2.40. The molecule has 0 unspecified atom stereocenters. The van der Waals surface area contributed by atoms with Crippen molar-refractivity contribution in [1.82, 2.24) is 4.83 Å². The van der Waals surface area contributed by atoms with Crippen LogP contribution in [-0.2, 0) is 10.3 Å². The van der Waals surface area contributed by atoms with E-state index in [2.05, 4.69) is 4.18 Å². The molecule has 0 atom stereocenters. The van der Waals surface area contributed by atoms with Gasteiger partial charge in [0.2, 0.25) is 0 Å². The molecule has 14 heavy (non-hydrogen) atoms. The number of hydrazine groups is 1. The summed E-state index contributed by atoms with van der Waals surface area (Å²) in [6.45, 7) is 0. The lowest BCUT2D eigenvalue weighted by Crippen LogP contribution is -2.33. The molecule has 1 aromatic rings. The molecule has 0 fully saturated rings. The van der Waals surface area contributed by atoms with Crippen LogP contribution < -0.4 is 19.6 Å². The molecule has 0 saturated carbocycles. The number of nitrogens with one attached hydrogen (secondary N) is 1. The lowest BCUT2D eigenvalue weighted by Gasteiger charge is -2.05. The summed E-state index contributed by atoms with van der Waals surface area (Å²) < 4.78 is 31.1. The van der Waals surface area contributed by atoms with Crippen LogP contribution in [0.25, 0.3) is 0 Å². The fourth-order valence-electron chi connectivity index (χ4n) is 0.782. The molecular formula is C7H10N2O4S. The number of ether oxygens (including phenoxy) is 1. The second-order valence-corrected chi connectivity index (χ2v) is 3.64. The van der Waals surface area contributed by atoms with Crippen LogP contribution in [0, 0.1) is 0 Å². The maximum Gasteiger partial charge on any atom is 0.395 e. The summed E-state index contributed by atoms with van der Waals surface area (Å²) in [6, 6.07) is 6.05. The maximum absolute atomic E-state index is 10.8. The zero-order valence-electron chi connectivity index (χ0n) is 7.43. The highest BCUT2D eigenvalue weighted by molar-refractivity contribution is 7.85. The number of hydrogen-bond acceptors (Lipinski definition) is 5. The van der Waals surface area contributed by atoms with Gasteiger partial charge in [0.15, 0.2) is 0 Å². The first kappa shape index (κ1) is 10.8. The minimum Gasteiger partial charge on any atom is -0.497 e. The standard InChI is InChI=1S/C7H10N2O4S/c1-12-6-2-4-7(5-3-6)13-14(10,11)9-8/h2-5,9H,8H2,1H3. The number of hydrogen-bond donors (Lipinski definition) is 2. The Labute approximate surface area is 81.9 Å². The zero-order valence-corrected chi connectivity index (χ0v) is 8.24. The molecule has 0 radical (unpaired) electrons.